The lowest BCUT2D eigenvalue weighted by molar-refractivity contribution is 0.460. The van der Waals surface area contributed by atoms with Crippen LogP contribution in [0.3, 0.4) is 0 Å². The third-order valence-corrected chi connectivity index (χ3v) is 4.89. The number of aromatic amines is 1. The fourth-order valence-electron chi connectivity index (χ4n) is 2.35. The average molecular weight is 312 g/mol. The van der Waals surface area contributed by atoms with Crippen molar-refractivity contribution in [3.05, 3.63) is 38.5 Å². The maximum Gasteiger partial charge on any atom is 0.0922 e. The summed E-state index contributed by atoms with van der Waals surface area (Å²) in [4.78, 5) is 8.69. The normalized spacial score (nSPS) is 19.2. The summed E-state index contributed by atoms with van der Waals surface area (Å²) < 4.78 is 1.25. The van der Waals surface area contributed by atoms with Crippen LogP contribution in [-0.2, 0) is 13.0 Å². The summed E-state index contributed by atoms with van der Waals surface area (Å²) in [5.41, 5.74) is 2.62. The number of hydrogen-bond acceptors (Lipinski definition) is 3. The molecule has 1 atom stereocenters. The van der Waals surface area contributed by atoms with Crippen LogP contribution >= 0.6 is 27.3 Å². The molecule has 0 fully saturated rings. The molecule has 1 aliphatic rings. The molecule has 0 saturated heterocycles. The van der Waals surface area contributed by atoms with Crippen molar-refractivity contribution in [1.82, 2.24) is 15.3 Å². The van der Waals surface area contributed by atoms with Crippen molar-refractivity contribution in [2.24, 2.45) is 0 Å². The van der Waals surface area contributed by atoms with Gasteiger partial charge in [0.15, 0.2) is 0 Å². The van der Waals surface area contributed by atoms with Gasteiger partial charge >= 0.3 is 0 Å². The predicted molar refractivity (Wildman–Crippen MR) is 73.1 cm³/mol. The quantitative estimate of drug-likeness (QED) is 0.912. The molecule has 2 aromatic heterocycles. The number of thiophene rings is 1. The Labute approximate surface area is 113 Å². The Hall–Kier alpha value is -0.650. The summed E-state index contributed by atoms with van der Waals surface area (Å²) in [7, 11) is 0. The number of aryl methyl sites for hydroxylation is 1. The topological polar surface area (TPSA) is 40.7 Å². The largest absolute Gasteiger partial charge is 0.347 e. The smallest absolute Gasteiger partial charge is 0.0922 e. The standard InChI is InChI=1S/C12H14BrN3S/c13-12-4-9-10(2-1-3-11(9)17-12)15-6-8-5-14-7-16-8/h4-5,7,10,15H,1-3,6H2,(H,14,16). The Bertz CT molecular complexity index is 492. The highest BCUT2D eigenvalue weighted by Gasteiger charge is 2.22. The van der Waals surface area contributed by atoms with E-state index in [1.807, 2.05) is 17.5 Å². The third kappa shape index (κ3) is 2.46. The lowest BCUT2D eigenvalue weighted by Crippen LogP contribution is -2.23. The monoisotopic (exact) mass is 311 g/mol. The summed E-state index contributed by atoms with van der Waals surface area (Å²) in [6.45, 7) is 0.859. The highest BCUT2D eigenvalue weighted by atomic mass is 79.9. The van der Waals surface area contributed by atoms with Crippen molar-refractivity contribution in [2.45, 2.75) is 31.8 Å². The Kier molecular flexibility index (Phi) is 3.31. The van der Waals surface area contributed by atoms with E-state index in [-0.39, 0.29) is 0 Å². The van der Waals surface area contributed by atoms with Gasteiger partial charge in [0.2, 0.25) is 0 Å². The van der Waals surface area contributed by atoms with Gasteiger partial charge in [-0.25, -0.2) is 4.98 Å². The number of nitrogens with one attached hydrogen (secondary N) is 2. The molecule has 0 aliphatic heterocycles. The van der Waals surface area contributed by atoms with E-state index >= 15 is 0 Å². The van der Waals surface area contributed by atoms with Gasteiger partial charge in [-0.05, 0) is 46.8 Å². The van der Waals surface area contributed by atoms with Gasteiger partial charge in [0.1, 0.15) is 0 Å². The second-order valence-electron chi connectivity index (χ2n) is 4.33. The Morgan fingerprint density at radius 2 is 2.53 bits per heavy atom. The molecular formula is C12H14BrN3S. The maximum atomic E-state index is 4.03. The van der Waals surface area contributed by atoms with Gasteiger partial charge < -0.3 is 10.3 Å². The van der Waals surface area contributed by atoms with E-state index in [2.05, 4.69) is 37.3 Å². The summed E-state index contributed by atoms with van der Waals surface area (Å²) in [5.74, 6) is 0. The summed E-state index contributed by atoms with van der Waals surface area (Å²) >= 11 is 5.46. The summed E-state index contributed by atoms with van der Waals surface area (Å²) in [6, 6.07) is 2.76. The Balaban J connectivity index is 1.72. The fourth-order valence-corrected chi connectivity index (χ4v) is 4.17. The minimum atomic E-state index is 0.490. The summed E-state index contributed by atoms with van der Waals surface area (Å²) in [6.07, 6.45) is 7.34. The van der Waals surface area contributed by atoms with Gasteiger partial charge in [0, 0.05) is 29.4 Å². The van der Waals surface area contributed by atoms with Crippen molar-refractivity contribution in [2.75, 3.05) is 0 Å². The van der Waals surface area contributed by atoms with Crippen molar-refractivity contribution < 1.29 is 0 Å². The van der Waals surface area contributed by atoms with Crippen LogP contribution < -0.4 is 5.32 Å². The van der Waals surface area contributed by atoms with E-state index < -0.39 is 0 Å². The van der Waals surface area contributed by atoms with Crippen LogP contribution in [0.2, 0.25) is 0 Å². The van der Waals surface area contributed by atoms with E-state index in [0.717, 1.165) is 12.2 Å². The molecule has 5 heteroatoms. The van der Waals surface area contributed by atoms with E-state index in [1.54, 1.807) is 6.33 Å². The van der Waals surface area contributed by atoms with E-state index in [4.69, 9.17) is 0 Å². The second kappa shape index (κ2) is 4.92. The zero-order valence-corrected chi connectivity index (χ0v) is 11.8. The summed E-state index contributed by atoms with van der Waals surface area (Å²) in [5, 5.41) is 3.61. The van der Waals surface area contributed by atoms with E-state index in [0.29, 0.717) is 6.04 Å². The zero-order chi connectivity index (χ0) is 11.7. The molecule has 0 saturated carbocycles. The molecule has 2 aromatic rings. The molecule has 0 radical (unpaired) electrons. The molecule has 3 rings (SSSR count). The molecule has 0 bridgehead atoms. The minimum absolute atomic E-state index is 0.490. The third-order valence-electron chi connectivity index (χ3n) is 3.18. The molecule has 2 heterocycles. The molecule has 90 valence electrons. The van der Waals surface area contributed by atoms with Crippen LogP contribution in [0.1, 0.15) is 35.0 Å². The van der Waals surface area contributed by atoms with Crippen LogP contribution in [0.25, 0.3) is 0 Å². The van der Waals surface area contributed by atoms with E-state index in [1.165, 1.54) is 33.5 Å². The number of rotatable bonds is 3. The van der Waals surface area contributed by atoms with Gasteiger partial charge in [-0.1, -0.05) is 0 Å². The van der Waals surface area contributed by atoms with Gasteiger partial charge in [0.05, 0.1) is 10.1 Å². The first-order chi connectivity index (χ1) is 8.33. The molecule has 0 spiro atoms. The van der Waals surface area contributed by atoms with Crippen LogP contribution in [0.15, 0.2) is 22.4 Å². The number of aromatic nitrogens is 2. The average Bonchev–Trinajstić information content (AvgIpc) is 2.93. The number of imidazole rings is 1. The van der Waals surface area contributed by atoms with Crippen molar-refractivity contribution in [3.63, 3.8) is 0 Å². The maximum absolute atomic E-state index is 4.03. The lowest BCUT2D eigenvalue weighted by Gasteiger charge is -2.23. The molecule has 1 unspecified atom stereocenters. The molecule has 0 aromatic carbocycles. The molecule has 1 aliphatic carbocycles. The number of fused-ring (bicyclic) bond motifs is 1. The number of hydrogen-bond donors (Lipinski definition) is 2. The molecule has 3 nitrogen and oxygen atoms in total. The van der Waals surface area contributed by atoms with E-state index in [9.17, 15) is 0 Å². The Morgan fingerprint density at radius 1 is 1.59 bits per heavy atom. The van der Waals surface area contributed by atoms with Gasteiger partial charge in [-0.3, -0.25) is 0 Å². The van der Waals surface area contributed by atoms with Crippen LogP contribution in [0.4, 0.5) is 0 Å². The lowest BCUT2D eigenvalue weighted by atomic mass is 9.94. The first-order valence-electron chi connectivity index (χ1n) is 5.81. The number of nitrogens with zero attached hydrogens (tertiary/aromatic N) is 1. The van der Waals surface area contributed by atoms with Crippen molar-refractivity contribution in [3.8, 4) is 0 Å². The number of halogens is 1. The van der Waals surface area contributed by atoms with Gasteiger partial charge in [0.25, 0.3) is 0 Å². The van der Waals surface area contributed by atoms with Gasteiger partial charge in [-0.15, -0.1) is 11.3 Å². The van der Waals surface area contributed by atoms with Crippen LogP contribution in [-0.4, -0.2) is 9.97 Å². The van der Waals surface area contributed by atoms with Crippen molar-refractivity contribution in [1.29, 1.82) is 0 Å². The number of H-pyrrole nitrogens is 1. The fraction of sp³-hybridized carbons (Fsp3) is 0.417. The van der Waals surface area contributed by atoms with Crippen LogP contribution in [0, 0.1) is 0 Å². The SMILES string of the molecule is Brc1cc2c(s1)CCCC2NCc1cnc[nH]1. The molecule has 17 heavy (non-hydrogen) atoms. The molecule has 2 N–H and O–H groups in total. The minimum Gasteiger partial charge on any atom is -0.347 e. The van der Waals surface area contributed by atoms with Crippen LogP contribution in [0.5, 0.6) is 0 Å². The highest BCUT2D eigenvalue weighted by Crippen LogP contribution is 2.37. The molecular weight excluding hydrogens is 298 g/mol. The predicted octanol–water partition coefficient (Wildman–Crippen LogP) is 3.40. The molecule has 0 amide bonds. The zero-order valence-electron chi connectivity index (χ0n) is 9.37. The first kappa shape index (κ1) is 11.4. The second-order valence-corrected chi connectivity index (χ2v) is 6.85. The first-order valence-corrected chi connectivity index (χ1v) is 7.42. The highest BCUT2D eigenvalue weighted by molar-refractivity contribution is 9.11. The van der Waals surface area contributed by atoms with Gasteiger partial charge in [-0.2, -0.15) is 0 Å². The Morgan fingerprint density at radius 3 is 3.35 bits per heavy atom. The van der Waals surface area contributed by atoms with Crippen molar-refractivity contribution >= 4 is 27.3 Å².